The highest BCUT2D eigenvalue weighted by Crippen LogP contribution is 2.39. The molecule has 2 saturated heterocycles. The quantitative estimate of drug-likeness (QED) is 0.886. The minimum absolute atomic E-state index is 0.566. The molecule has 18 heavy (non-hydrogen) atoms. The molecule has 2 aliphatic rings. The summed E-state index contributed by atoms with van der Waals surface area (Å²) in [4.78, 5) is 2.54. The van der Waals surface area contributed by atoms with Crippen molar-refractivity contribution >= 4 is 11.6 Å². The van der Waals surface area contributed by atoms with Gasteiger partial charge in [0.2, 0.25) is 0 Å². The van der Waals surface area contributed by atoms with Crippen LogP contribution < -0.4 is 5.32 Å². The molecule has 100 valence electrons. The molecule has 0 saturated carbocycles. The van der Waals surface area contributed by atoms with Crippen LogP contribution >= 0.6 is 11.6 Å². The summed E-state index contributed by atoms with van der Waals surface area (Å²) in [5.41, 5.74) is 1.71. The van der Waals surface area contributed by atoms with Crippen LogP contribution in [-0.4, -0.2) is 40.9 Å². The summed E-state index contributed by atoms with van der Waals surface area (Å²) in [6.07, 6.45) is 5.72. The van der Waals surface area contributed by atoms with Gasteiger partial charge in [0.25, 0.3) is 0 Å². The highest BCUT2D eigenvalue weighted by Gasteiger charge is 2.38. The highest BCUT2D eigenvalue weighted by molar-refractivity contribution is 6.31. The third-order valence-corrected chi connectivity index (χ3v) is 4.88. The monoisotopic (exact) mass is 268 g/mol. The van der Waals surface area contributed by atoms with Gasteiger partial charge in [0.05, 0.1) is 16.9 Å². The molecule has 0 bridgehead atoms. The van der Waals surface area contributed by atoms with E-state index in [0.29, 0.717) is 5.41 Å². The lowest BCUT2D eigenvalue weighted by Crippen LogP contribution is -2.38. The van der Waals surface area contributed by atoms with Gasteiger partial charge in [-0.15, -0.1) is 0 Å². The maximum absolute atomic E-state index is 6.18. The molecule has 2 fully saturated rings. The van der Waals surface area contributed by atoms with Crippen LogP contribution in [0, 0.1) is 5.41 Å². The van der Waals surface area contributed by atoms with E-state index in [9.17, 15) is 0 Å². The number of likely N-dealkylation sites (tertiary alicyclic amines) is 1. The van der Waals surface area contributed by atoms with E-state index in [4.69, 9.17) is 11.6 Å². The average molecular weight is 269 g/mol. The van der Waals surface area contributed by atoms with E-state index in [1.807, 2.05) is 11.7 Å². The summed E-state index contributed by atoms with van der Waals surface area (Å²) in [5, 5.41) is 8.47. The smallest absolute Gasteiger partial charge is 0.0831 e. The fraction of sp³-hybridized carbons (Fsp3) is 0.769. The highest BCUT2D eigenvalue weighted by atomic mass is 35.5. The van der Waals surface area contributed by atoms with Crippen LogP contribution in [0.4, 0.5) is 0 Å². The van der Waals surface area contributed by atoms with Gasteiger partial charge in [-0.2, -0.15) is 5.10 Å². The van der Waals surface area contributed by atoms with Crippen LogP contribution in [0.15, 0.2) is 6.20 Å². The molecule has 3 heterocycles. The van der Waals surface area contributed by atoms with Gasteiger partial charge >= 0.3 is 0 Å². The first-order valence-corrected chi connectivity index (χ1v) is 7.16. The molecule has 0 atom stereocenters. The molecule has 0 aromatic carbocycles. The molecule has 1 aromatic heterocycles. The van der Waals surface area contributed by atoms with Crippen LogP contribution in [0.2, 0.25) is 5.02 Å². The van der Waals surface area contributed by atoms with Gasteiger partial charge in [0.1, 0.15) is 0 Å². The zero-order valence-electron chi connectivity index (χ0n) is 11.0. The zero-order valence-corrected chi connectivity index (χ0v) is 11.7. The SMILES string of the molecule is Cn1ncc(Cl)c1CN1CCC2(CCNCC2)C1. The van der Waals surface area contributed by atoms with Crippen LogP contribution in [0.25, 0.3) is 0 Å². The van der Waals surface area contributed by atoms with Crippen LogP contribution in [-0.2, 0) is 13.6 Å². The number of aryl methyl sites for hydroxylation is 1. The first-order chi connectivity index (χ1) is 8.69. The number of nitrogens with zero attached hydrogens (tertiary/aromatic N) is 3. The average Bonchev–Trinajstić information content (AvgIpc) is 2.89. The van der Waals surface area contributed by atoms with Crippen molar-refractivity contribution in [1.29, 1.82) is 0 Å². The second kappa shape index (κ2) is 4.83. The number of halogens is 1. The predicted molar refractivity (Wildman–Crippen MR) is 72.6 cm³/mol. The third-order valence-electron chi connectivity index (χ3n) is 4.57. The van der Waals surface area contributed by atoms with E-state index in [-0.39, 0.29) is 0 Å². The Morgan fingerprint density at radius 2 is 2.17 bits per heavy atom. The van der Waals surface area contributed by atoms with Crippen molar-refractivity contribution in [3.05, 3.63) is 16.9 Å². The maximum Gasteiger partial charge on any atom is 0.0831 e. The number of hydrogen-bond acceptors (Lipinski definition) is 3. The molecule has 0 radical (unpaired) electrons. The van der Waals surface area contributed by atoms with Gasteiger partial charge < -0.3 is 5.32 Å². The predicted octanol–water partition coefficient (Wildman–Crippen LogP) is 1.65. The first kappa shape index (κ1) is 12.5. The van der Waals surface area contributed by atoms with Gasteiger partial charge in [-0.25, -0.2) is 0 Å². The molecule has 1 aromatic rings. The minimum Gasteiger partial charge on any atom is -0.317 e. The van der Waals surface area contributed by atoms with E-state index in [0.717, 1.165) is 17.3 Å². The summed E-state index contributed by atoms with van der Waals surface area (Å²) in [7, 11) is 1.97. The van der Waals surface area contributed by atoms with E-state index in [1.54, 1.807) is 6.20 Å². The Labute approximate surface area is 113 Å². The lowest BCUT2D eigenvalue weighted by Gasteiger charge is -2.33. The third kappa shape index (κ3) is 2.29. The molecule has 3 rings (SSSR count). The number of aromatic nitrogens is 2. The van der Waals surface area contributed by atoms with Crippen LogP contribution in [0.3, 0.4) is 0 Å². The van der Waals surface area contributed by atoms with Gasteiger partial charge in [-0.3, -0.25) is 9.58 Å². The molecule has 1 N–H and O–H groups in total. The molecule has 2 aliphatic heterocycles. The molecule has 0 unspecified atom stereocenters. The van der Waals surface area contributed by atoms with E-state index >= 15 is 0 Å². The second-order valence-electron chi connectivity index (χ2n) is 5.77. The van der Waals surface area contributed by atoms with Crippen molar-refractivity contribution in [2.45, 2.75) is 25.8 Å². The van der Waals surface area contributed by atoms with E-state index in [2.05, 4.69) is 15.3 Å². The topological polar surface area (TPSA) is 33.1 Å². The summed E-state index contributed by atoms with van der Waals surface area (Å²) in [5.74, 6) is 0. The van der Waals surface area contributed by atoms with E-state index in [1.165, 1.54) is 45.4 Å². The van der Waals surface area contributed by atoms with Crippen molar-refractivity contribution in [2.75, 3.05) is 26.2 Å². The number of piperidine rings is 1. The zero-order chi connectivity index (χ0) is 12.6. The van der Waals surface area contributed by atoms with Crippen molar-refractivity contribution in [2.24, 2.45) is 12.5 Å². The molecule has 1 spiro atoms. The van der Waals surface area contributed by atoms with Gasteiger partial charge in [0, 0.05) is 20.1 Å². The Bertz CT molecular complexity index is 403. The van der Waals surface area contributed by atoms with Crippen molar-refractivity contribution in [1.82, 2.24) is 20.0 Å². The van der Waals surface area contributed by atoms with Crippen LogP contribution in [0.5, 0.6) is 0 Å². The number of nitrogens with one attached hydrogen (secondary N) is 1. The Balaban J connectivity index is 1.66. The van der Waals surface area contributed by atoms with Crippen molar-refractivity contribution in [3.63, 3.8) is 0 Å². The largest absolute Gasteiger partial charge is 0.317 e. The summed E-state index contributed by atoms with van der Waals surface area (Å²) in [6, 6.07) is 0. The summed E-state index contributed by atoms with van der Waals surface area (Å²) in [6.45, 7) is 5.71. The summed E-state index contributed by atoms with van der Waals surface area (Å²) >= 11 is 6.18. The Hall–Kier alpha value is -0.580. The standard InChI is InChI=1S/C13H21ClN4/c1-17-12(11(14)8-16-17)9-18-7-4-13(10-18)2-5-15-6-3-13/h8,15H,2-7,9-10H2,1H3. The normalized spacial score (nSPS) is 23.9. The van der Waals surface area contributed by atoms with Gasteiger partial charge in [-0.05, 0) is 44.3 Å². The van der Waals surface area contributed by atoms with Crippen LogP contribution in [0.1, 0.15) is 25.0 Å². The Morgan fingerprint density at radius 1 is 1.39 bits per heavy atom. The lowest BCUT2D eigenvalue weighted by atomic mass is 9.78. The maximum atomic E-state index is 6.18. The lowest BCUT2D eigenvalue weighted by molar-refractivity contribution is 0.192. The minimum atomic E-state index is 0.566. The van der Waals surface area contributed by atoms with Gasteiger partial charge in [-0.1, -0.05) is 11.6 Å². The fourth-order valence-corrected chi connectivity index (χ4v) is 3.58. The first-order valence-electron chi connectivity index (χ1n) is 6.78. The van der Waals surface area contributed by atoms with Crippen molar-refractivity contribution in [3.8, 4) is 0 Å². The fourth-order valence-electron chi connectivity index (χ4n) is 3.35. The van der Waals surface area contributed by atoms with E-state index < -0.39 is 0 Å². The second-order valence-corrected chi connectivity index (χ2v) is 6.18. The van der Waals surface area contributed by atoms with Crippen molar-refractivity contribution < 1.29 is 0 Å². The molecular weight excluding hydrogens is 248 g/mol. The van der Waals surface area contributed by atoms with Gasteiger partial charge in [0.15, 0.2) is 0 Å². The Morgan fingerprint density at radius 3 is 2.83 bits per heavy atom. The Kier molecular flexibility index (Phi) is 3.34. The number of hydrogen-bond donors (Lipinski definition) is 1. The number of rotatable bonds is 2. The molecule has 5 heteroatoms. The molecule has 0 aliphatic carbocycles. The molecule has 0 amide bonds. The summed E-state index contributed by atoms with van der Waals surface area (Å²) < 4.78 is 1.90. The molecule has 4 nitrogen and oxygen atoms in total. The molecular formula is C13H21ClN4.